The number of nitrogens with one attached hydrogen (secondary N) is 1. The molecule has 0 unspecified atom stereocenters. The maximum atomic E-state index is 4.92. The summed E-state index contributed by atoms with van der Waals surface area (Å²) in [7, 11) is 0. The molecule has 2 aromatic heterocycles. The molecule has 2 aliphatic carbocycles. The van der Waals surface area contributed by atoms with Gasteiger partial charge in [0.2, 0.25) is 0 Å². The van der Waals surface area contributed by atoms with Crippen LogP contribution in [0, 0.1) is 0 Å². The van der Waals surface area contributed by atoms with Crippen LogP contribution in [-0.4, -0.2) is 16.0 Å². The van der Waals surface area contributed by atoms with E-state index in [0.717, 1.165) is 24.9 Å². The molecule has 2 aliphatic rings. The van der Waals surface area contributed by atoms with Gasteiger partial charge in [0.25, 0.3) is 0 Å². The van der Waals surface area contributed by atoms with Crippen LogP contribution in [0.3, 0.4) is 0 Å². The molecule has 0 saturated heterocycles. The van der Waals surface area contributed by atoms with Gasteiger partial charge in [0.05, 0.1) is 10.7 Å². The second-order valence-electron chi connectivity index (χ2n) is 5.88. The van der Waals surface area contributed by atoms with Gasteiger partial charge in [-0.3, -0.25) is 4.98 Å². The van der Waals surface area contributed by atoms with E-state index < -0.39 is 0 Å². The SMILES string of the molecule is c1cc(Cc2nc(C3CC3)c(CNC3CC3)s2)ccn1. The zero-order chi connectivity index (χ0) is 13.4. The van der Waals surface area contributed by atoms with E-state index >= 15 is 0 Å². The predicted molar refractivity (Wildman–Crippen MR) is 81.0 cm³/mol. The van der Waals surface area contributed by atoms with Crippen LogP contribution in [-0.2, 0) is 13.0 Å². The fourth-order valence-corrected chi connectivity index (χ4v) is 3.63. The Morgan fingerprint density at radius 2 is 1.95 bits per heavy atom. The van der Waals surface area contributed by atoms with Crippen molar-refractivity contribution in [1.82, 2.24) is 15.3 Å². The van der Waals surface area contributed by atoms with Crippen molar-refractivity contribution in [2.75, 3.05) is 0 Å². The predicted octanol–water partition coefficient (Wildman–Crippen LogP) is 3.26. The molecule has 2 aromatic rings. The van der Waals surface area contributed by atoms with E-state index in [0.29, 0.717) is 0 Å². The van der Waals surface area contributed by atoms with Crippen molar-refractivity contribution < 1.29 is 0 Å². The molecule has 20 heavy (non-hydrogen) atoms. The molecule has 0 aliphatic heterocycles. The maximum absolute atomic E-state index is 4.92. The van der Waals surface area contributed by atoms with E-state index in [1.807, 2.05) is 23.7 Å². The summed E-state index contributed by atoms with van der Waals surface area (Å²) in [6.45, 7) is 1.02. The topological polar surface area (TPSA) is 37.8 Å². The van der Waals surface area contributed by atoms with E-state index in [1.165, 1.54) is 46.8 Å². The summed E-state index contributed by atoms with van der Waals surface area (Å²) in [6, 6.07) is 4.94. The van der Waals surface area contributed by atoms with Gasteiger partial charge in [0, 0.05) is 42.2 Å². The number of aromatic nitrogens is 2. The van der Waals surface area contributed by atoms with Crippen LogP contribution in [0.2, 0.25) is 0 Å². The maximum Gasteiger partial charge on any atom is 0.0975 e. The molecule has 4 rings (SSSR count). The molecule has 1 N–H and O–H groups in total. The highest BCUT2D eigenvalue weighted by atomic mass is 32.1. The summed E-state index contributed by atoms with van der Waals surface area (Å²) in [6.07, 6.45) is 10.0. The molecule has 0 amide bonds. The fourth-order valence-electron chi connectivity index (χ4n) is 2.49. The number of thiazole rings is 1. The van der Waals surface area contributed by atoms with Crippen molar-refractivity contribution in [2.45, 2.75) is 50.6 Å². The molecule has 3 nitrogen and oxygen atoms in total. The monoisotopic (exact) mass is 285 g/mol. The number of hydrogen-bond donors (Lipinski definition) is 1. The molecule has 0 aromatic carbocycles. The van der Waals surface area contributed by atoms with Gasteiger partial charge < -0.3 is 5.32 Å². The summed E-state index contributed by atoms with van der Waals surface area (Å²) >= 11 is 1.90. The Bertz CT molecular complexity index is 585. The molecule has 0 atom stereocenters. The minimum absolute atomic E-state index is 0.744. The van der Waals surface area contributed by atoms with Gasteiger partial charge in [-0.15, -0.1) is 11.3 Å². The first-order valence-electron chi connectivity index (χ1n) is 7.49. The molecule has 0 bridgehead atoms. The van der Waals surface area contributed by atoms with Gasteiger partial charge in [-0.1, -0.05) is 0 Å². The molecule has 0 spiro atoms. The molecular formula is C16H19N3S. The average Bonchev–Trinajstić information content (AvgIpc) is 3.38. The largest absolute Gasteiger partial charge is 0.309 e. The summed E-state index contributed by atoms with van der Waals surface area (Å²) < 4.78 is 0. The number of rotatable bonds is 6. The Hall–Kier alpha value is -1.26. The lowest BCUT2D eigenvalue weighted by molar-refractivity contribution is 0.688. The molecule has 0 radical (unpaired) electrons. The number of hydrogen-bond acceptors (Lipinski definition) is 4. The summed E-state index contributed by atoms with van der Waals surface area (Å²) in [4.78, 5) is 10.5. The van der Waals surface area contributed by atoms with Gasteiger partial charge in [0.15, 0.2) is 0 Å². The third-order valence-electron chi connectivity index (χ3n) is 3.97. The quantitative estimate of drug-likeness (QED) is 0.885. The Kier molecular flexibility index (Phi) is 3.28. The van der Waals surface area contributed by atoms with Gasteiger partial charge in [0.1, 0.15) is 0 Å². The second kappa shape index (κ2) is 5.26. The first kappa shape index (κ1) is 12.5. The van der Waals surface area contributed by atoms with Crippen molar-refractivity contribution in [2.24, 2.45) is 0 Å². The van der Waals surface area contributed by atoms with Gasteiger partial charge in [-0.2, -0.15) is 0 Å². The normalized spacial score (nSPS) is 18.4. The molecule has 104 valence electrons. The van der Waals surface area contributed by atoms with Crippen LogP contribution in [0.15, 0.2) is 24.5 Å². The second-order valence-corrected chi connectivity index (χ2v) is 7.05. The summed E-state index contributed by atoms with van der Waals surface area (Å²) in [5.74, 6) is 0.744. The lowest BCUT2D eigenvalue weighted by Gasteiger charge is -2.01. The van der Waals surface area contributed by atoms with Gasteiger partial charge in [-0.25, -0.2) is 4.98 Å². The van der Waals surface area contributed by atoms with Crippen molar-refractivity contribution in [3.63, 3.8) is 0 Å². The van der Waals surface area contributed by atoms with Crippen LogP contribution in [0.1, 0.15) is 52.7 Å². The van der Waals surface area contributed by atoms with Crippen LogP contribution in [0.5, 0.6) is 0 Å². The Morgan fingerprint density at radius 3 is 2.65 bits per heavy atom. The van der Waals surface area contributed by atoms with Crippen LogP contribution < -0.4 is 5.32 Å². The molecular weight excluding hydrogens is 266 g/mol. The van der Waals surface area contributed by atoms with E-state index in [1.54, 1.807) is 0 Å². The highest BCUT2D eigenvalue weighted by Gasteiger charge is 2.30. The zero-order valence-electron chi connectivity index (χ0n) is 11.5. The van der Waals surface area contributed by atoms with Crippen molar-refractivity contribution in [1.29, 1.82) is 0 Å². The Morgan fingerprint density at radius 1 is 1.15 bits per heavy atom. The van der Waals surface area contributed by atoms with E-state index in [-0.39, 0.29) is 0 Å². The van der Waals surface area contributed by atoms with E-state index in [4.69, 9.17) is 4.98 Å². The summed E-state index contributed by atoms with van der Waals surface area (Å²) in [5, 5.41) is 4.89. The van der Waals surface area contributed by atoms with Crippen molar-refractivity contribution >= 4 is 11.3 Å². The number of nitrogens with zero attached hydrogens (tertiary/aromatic N) is 2. The molecule has 2 saturated carbocycles. The third kappa shape index (κ3) is 2.91. The minimum atomic E-state index is 0.744. The highest BCUT2D eigenvalue weighted by Crippen LogP contribution is 2.43. The summed E-state index contributed by atoms with van der Waals surface area (Å²) in [5.41, 5.74) is 2.69. The zero-order valence-corrected chi connectivity index (χ0v) is 12.3. The van der Waals surface area contributed by atoms with E-state index in [9.17, 15) is 0 Å². The molecule has 2 fully saturated rings. The van der Waals surface area contributed by atoms with Crippen LogP contribution in [0.25, 0.3) is 0 Å². The standard InChI is InChI=1S/C16H19N3S/c1-2-12(1)16-14(10-18-13-3-4-13)20-15(19-16)9-11-5-7-17-8-6-11/h5-8,12-13,18H,1-4,9-10H2. The van der Waals surface area contributed by atoms with E-state index in [2.05, 4.69) is 22.4 Å². The Labute approximate surface area is 123 Å². The van der Waals surface area contributed by atoms with Crippen molar-refractivity contribution in [3.05, 3.63) is 45.7 Å². The number of pyridine rings is 1. The van der Waals surface area contributed by atoms with Crippen molar-refractivity contribution in [3.8, 4) is 0 Å². The highest BCUT2D eigenvalue weighted by molar-refractivity contribution is 7.11. The first-order chi connectivity index (χ1) is 9.88. The molecule has 4 heteroatoms. The van der Waals surface area contributed by atoms with Crippen LogP contribution >= 0.6 is 11.3 Å². The van der Waals surface area contributed by atoms with Crippen LogP contribution in [0.4, 0.5) is 0 Å². The van der Waals surface area contributed by atoms with Gasteiger partial charge in [-0.05, 0) is 43.4 Å². The lowest BCUT2D eigenvalue weighted by Crippen LogP contribution is -2.15. The molecule has 2 heterocycles. The lowest BCUT2D eigenvalue weighted by atomic mass is 10.2. The van der Waals surface area contributed by atoms with Gasteiger partial charge >= 0.3 is 0 Å². The Balaban J connectivity index is 1.52. The first-order valence-corrected chi connectivity index (χ1v) is 8.31. The smallest absolute Gasteiger partial charge is 0.0975 e. The fraction of sp³-hybridized carbons (Fsp3) is 0.500. The third-order valence-corrected chi connectivity index (χ3v) is 5.04. The average molecular weight is 285 g/mol. The minimum Gasteiger partial charge on any atom is -0.309 e.